The predicted octanol–water partition coefficient (Wildman–Crippen LogP) is 5.13. The maximum absolute atomic E-state index is 13.4. The van der Waals surface area contributed by atoms with Gasteiger partial charge in [0.15, 0.2) is 16.6 Å². The Morgan fingerprint density at radius 1 is 0.871 bits per heavy atom. The quantitative estimate of drug-likeness (QED) is 0.429. The molecule has 0 aliphatic heterocycles. The molecule has 4 aromatic heterocycles. The molecule has 5 aromatic rings. The molecule has 156 valence electrons. The summed E-state index contributed by atoms with van der Waals surface area (Å²) in [5.74, 6) is 0.434. The Morgan fingerprint density at radius 2 is 1.65 bits per heavy atom. The van der Waals surface area contributed by atoms with E-state index in [1.807, 2.05) is 69.3 Å². The van der Waals surface area contributed by atoms with Crippen LogP contribution in [0, 0.1) is 6.92 Å². The molecule has 6 nitrogen and oxygen atoms in total. The van der Waals surface area contributed by atoms with Gasteiger partial charge in [-0.3, -0.25) is 4.98 Å². The molecule has 1 atom stereocenters. The lowest BCUT2D eigenvalue weighted by molar-refractivity contribution is 0.677. The summed E-state index contributed by atoms with van der Waals surface area (Å²) in [6, 6.07) is 15.2. The Bertz CT molecular complexity index is 1400. The smallest absolute Gasteiger partial charge is 0.158 e. The molecule has 4 heterocycles. The third kappa shape index (κ3) is 3.47. The van der Waals surface area contributed by atoms with Gasteiger partial charge in [0.05, 0.1) is 4.90 Å². The lowest BCUT2D eigenvalue weighted by Gasteiger charge is -2.10. The van der Waals surface area contributed by atoms with Crippen LogP contribution in [-0.4, -0.2) is 23.1 Å². The van der Waals surface area contributed by atoms with Crippen LogP contribution in [0.4, 0.5) is 5.82 Å². The van der Waals surface area contributed by atoms with Gasteiger partial charge in [0.1, 0.15) is 5.82 Å². The monoisotopic (exact) mass is 429 g/mol. The number of hydrogen-bond donors (Lipinski definition) is 1. The van der Waals surface area contributed by atoms with Crippen LogP contribution in [-0.2, 0) is 11.0 Å². The second kappa shape index (κ2) is 8.65. The largest absolute Gasteiger partial charge is 0.383 e. The number of aromatic nitrogens is 4. The molecule has 0 spiro atoms. The first-order valence-electron chi connectivity index (χ1n) is 10.1. The Labute approximate surface area is 183 Å². The fourth-order valence-electron chi connectivity index (χ4n) is 3.70. The maximum Gasteiger partial charge on any atom is 0.158 e. The number of pyridine rings is 3. The maximum atomic E-state index is 13.4. The first-order chi connectivity index (χ1) is 15.2. The van der Waals surface area contributed by atoms with Crippen molar-refractivity contribution in [2.24, 2.45) is 0 Å². The van der Waals surface area contributed by atoms with E-state index >= 15 is 0 Å². The summed E-state index contributed by atoms with van der Waals surface area (Å²) in [6.45, 7) is 5.96. The summed E-state index contributed by atoms with van der Waals surface area (Å²) in [6.07, 6.45) is 6.94. The lowest BCUT2D eigenvalue weighted by atomic mass is 10.00. The van der Waals surface area contributed by atoms with E-state index in [-0.39, 0.29) is 0 Å². The molecule has 0 aliphatic carbocycles. The van der Waals surface area contributed by atoms with Gasteiger partial charge in [-0.2, -0.15) is 0 Å². The van der Waals surface area contributed by atoms with Gasteiger partial charge in [-0.25, -0.2) is 18.1 Å². The van der Waals surface area contributed by atoms with Crippen LogP contribution < -0.4 is 5.73 Å². The Hall–Kier alpha value is -3.58. The van der Waals surface area contributed by atoms with Crippen molar-refractivity contribution in [1.29, 1.82) is 0 Å². The van der Waals surface area contributed by atoms with Crippen molar-refractivity contribution in [2.45, 2.75) is 25.7 Å². The summed E-state index contributed by atoms with van der Waals surface area (Å²) in [5, 5.41) is 2.65. The zero-order valence-corrected chi connectivity index (χ0v) is 18.4. The zero-order valence-electron chi connectivity index (χ0n) is 17.6. The summed E-state index contributed by atoms with van der Waals surface area (Å²) in [7, 11) is -1.43. The molecule has 5 rings (SSSR count). The highest BCUT2D eigenvalue weighted by atomic mass is 32.2. The van der Waals surface area contributed by atoms with Gasteiger partial charge in [0.2, 0.25) is 0 Å². The molecule has 0 saturated carbocycles. The molecule has 0 aliphatic rings. The van der Waals surface area contributed by atoms with E-state index in [1.165, 1.54) is 0 Å². The molecule has 31 heavy (non-hydrogen) atoms. The standard InChI is InChI=1S/C22H17N5OS.C2H6/c1-14-20(18-13-26-21(23)19-12-24-11-9-16(18)19)17-8-5-10-25-22(17)27(14)29(28)15-6-3-2-4-7-15;1-2/h2-13H,1H3,(H2,23,26);1-2H3. The third-order valence-corrected chi connectivity index (χ3v) is 6.47. The first-order valence-corrected chi connectivity index (χ1v) is 11.2. The van der Waals surface area contributed by atoms with Gasteiger partial charge >= 0.3 is 0 Å². The minimum Gasteiger partial charge on any atom is -0.383 e. The van der Waals surface area contributed by atoms with Crippen LogP contribution in [0.2, 0.25) is 0 Å². The number of nitrogen functional groups attached to an aromatic ring is 1. The van der Waals surface area contributed by atoms with Crippen LogP contribution in [0.15, 0.2) is 78.2 Å². The minimum absolute atomic E-state index is 0.434. The van der Waals surface area contributed by atoms with E-state index in [0.717, 1.165) is 33.0 Å². The molecular weight excluding hydrogens is 406 g/mol. The van der Waals surface area contributed by atoms with E-state index in [0.29, 0.717) is 16.4 Å². The Morgan fingerprint density at radius 3 is 2.42 bits per heavy atom. The van der Waals surface area contributed by atoms with Crippen molar-refractivity contribution in [3.05, 3.63) is 79.0 Å². The molecule has 0 amide bonds. The van der Waals surface area contributed by atoms with E-state index in [2.05, 4.69) is 15.0 Å². The minimum atomic E-state index is -1.43. The van der Waals surface area contributed by atoms with Crippen molar-refractivity contribution in [3.63, 3.8) is 0 Å². The molecule has 0 saturated heterocycles. The SMILES string of the molecule is CC.Cc1c(-c2cnc(N)c3cnccc23)c2cccnc2n1S(=O)c1ccccc1. The highest BCUT2D eigenvalue weighted by molar-refractivity contribution is 7.83. The summed E-state index contributed by atoms with van der Waals surface area (Å²) < 4.78 is 15.2. The zero-order chi connectivity index (χ0) is 22.0. The van der Waals surface area contributed by atoms with Gasteiger partial charge in [-0.05, 0) is 42.6 Å². The van der Waals surface area contributed by atoms with Crippen molar-refractivity contribution >= 4 is 38.6 Å². The molecule has 1 unspecified atom stereocenters. The van der Waals surface area contributed by atoms with Gasteiger partial charge in [0, 0.05) is 52.4 Å². The van der Waals surface area contributed by atoms with Gasteiger partial charge in [-0.15, -0.1) is 0 Å². The van der Waals surface area contributed by atoms with Crippen molar-refractivity contribution in [3.8, 4) is 11.1 Å². The first kappa shape index (κ1) is 20.7. The average molecular weight is 430 g/mol. The second-order valence-corrected chi connectivity index (χ2v) is 8.00. The van der Waals surface area contributed by atoms with Crippen molar-refractivity contribution < 1.29 is 4.21 Å². The van der Waals surface area contributed by atoms with Gasteiger partial charge < -0.3 is 5.73 Å². The van der Waals surface area contributed by atoms with E-state index < -0.39 is 11.0 Å². The molecule has 2 N–H and O–H groups in total. The molecule has 0 radical (unpaired) electrons. The average Bonchev–Trinajstić information content (AvgIpc) is 3.13. The van der Waals surface area contributed by atoms with E-state index in [4.69, 9.17) is 5.73 Å². The molecule has 0 bridgehead atoms. The highest BCUT2D eigenvalue weighted by Gasteiger charge is 2.22. The number of nitrogens with zero attached hydrogens (tertiary/aromatic N) is 4. The van der Waals surface area contributed by atoms with Gasteiger partial charge in [-0.1, -0.05) is 32.0 Å². The number of hydrogen-bond acceptors (Lipinski definition) is 5. The third-order valence-electron chi connectivity index (χ3n) is 5.01. The predicted molar refractivity (Wildman–Crippen MR) is 127 cm³/mol. The number of nitrogens with two attached hydrogens (primary N) is 1. The van der Waals surface area contributed by atoms with Crippen molar-refractivity contribution in [1.82, 2.24) is 18.9 Å². The van der Waals surface area contributed by atoms with E-state index in [9.17, 15) is 4.21 Å². The fourth-order valence-corrected chi connectivity index (χ4v) is 4.94. The number of rotatable bonds is 3. The summed E-state index contributed by atoms with van der Waals surface area (Å²) >= 11 is 0. The molecule has 7 heteroatoms. The summed E-state index contributed by atoms with van der Waals surface area (Å²) in [4.78, 5) is 13.8. The van der Waals surface area contributed by atoms with Crippen molar-refractivity contribution in [2.75, 3.05) is 5.73 Å². The van der Waals surface area contributed by atoms with Crippen LogP contribution in [0.25, 0.3) is 32.9 Å². The Kier molecular flexibility index (Phi) is 5.77. The summed E-state index contributed by atoms with van der Waals surface area (Å²) in [5.41, 5.74) is 9.44. The van der Waals surface area contributed by atoms with Crippen LogP contribution in [0.1, 0.15) is 19.5 Å². The van der Waals surface area contributed by atoms with Gasteiger partial charge in [0.25, 0.3) is 0 Å². The van der Waals surface area contributed by atoms with Crippen LogP contribution in [0.3, 0.4) is 0 Å². The lowest BCUT2D eigenvalue weighted by Crippen LogP contribution is -2.07. The van der Waals surface area contributed by atoms with Crippen LogP contribution in [0.5, 0.6) is 0 Å². The molecular formula is C24H23N5OS. The van der Waals surface area contributed by atoms with Crippen LogP contribution >= 0.6 is 0 Å². The normalized spacial score (nSPS) is 11.8. The molecule has 1 aromatic carbocycles. The highest BCUT2D eigenvalue weighted by Crippen LogP contribution is 2.38. The topological polar surface area (TPSA) is 86.7 Å². The number of anilines is 1. The number of benzene rings is 1. The molecule has 0 fully saturated rings. The number of fused-ring (bicyclic) bond motifs is 2. The fraction of sp³-hybridized carbons (Fsp3) is 0.125. The second-order valence-electron chi connectivity index (χ2n) is 6.67. The van der Waals surface area contributed by atoms with E-state index in [1.54, 1.807) is 28.8 Å². The Balaban J connectivity index is 0.00000112.